The predicted molar refractivity (Wildman–Crippen MR) is 32.1 cm³/mol. The van der Waals surface area contributed by atoms with Gasteiger partial charge in [0.1, 0.15) is 0 Å². The smallest absolute Gasteiger partial charge is 0.226 e. The predicted octanol–water partition coefficient (Wildman–Crippen LogP) is -0.00901. The van der Waals surface area contributed by atoms with Gasteiger partial charge in [-0.2, -0.15) is 0 Å². The Bertz CT molecular complexity index is 175. The van der Waals surface area contributed by atoms with Crippen LogP contribution in [0, 0.1) is 6.58 Å². The van der Waals surface area contributed by atoms with Gasteiger partial charge in [0.2, 0.25) is 11.9 Å². The van der Waals surface area contributed by atoms with Gasteiger partial charge >= 0.3 is 0 Å². The minimum Gasteiger partial charge on any atom is -0.535 e. The molecule has 0 saturated heterocycles. The van der Waals surface area contributed by atoms with Crippen molar-refractivity contribution in [1.82, 2.24) is 0 Å². The van der Waals surface area contributed by atoms with E-state index in [4.69, 9.17) is 11.7 Å². The van der Waals surface area contributed by atoms with E-state index in [1.165, 1.54) is 0 Å². The van der Waals surface area contributed by atoms with Gasteiger partial charge in [0, 0.05) is 22.4 Å². The molecule has 0 saturated carbocycles. The molecule has 0 heterocycles. The Hall–Kier alpha value is -0.580. The fourth-order valence-corrected chi connectivity index (χ4v) is 0.296. The third kappa shape index (κ3) is 4.78. The first kappa shape index (κ1) is 13.0. The molecule has 4 nitrogen and oxygen atoms in total. The standard InChI is InChI=1S/C6H7O4.Ta/c1-3-10-6(9)4(2)5(7)8;/h2H,3H2,1H3,(H,7,8);/q-1;. The van der Waals surface area contributed by atoms with Crippen molar-refractivity contribution in [3.8, 4) is 0 Å². The quantitative estimate of drug-likeness (QED) is 0.261. The van der Waals surface area contributed by atoms with Gasteiger partial charge in [-0.15, -0.1) is 0 Å². The number of rotatable bonds is 3. The molecule has 0 unspecified atom stereocenters. The molecule has 0 fully saturated rings. The van der Waals surface area contributed by atoms with Crippen LogP contribution in [0.1, 0.15) is 6.92 Å². The average Bonchev–Trinajstić information content (AvgIpc) is 1.87. The van der Waals surface area contributed by atoms with Crippen LogP contribution in [0.15, 0.2) is 5.57 Å². The average molecular weight is 324 g/mol. The van der Waals surface area contributed by atoms with Crippen LogP contribution in [-0.4, -0.2) is 23.7 Å². The topological polar surface area (TPSA) is 63.6 Å². The Morgan fingerprint density at radius 2 is 2.00 bits per heavy atom. The van der Waals surface area contributed by atoms with E-state index in [0.29, 0.717) is 0 Å². The van der Waals surface area contributed by atoms with Crippen molar-refractivity contribution in [1.29, 1.82) is 0 Å². The van der Waals surface area contributed by atoms with E-state index in [0.717, 1.165) is 0 Å². The molecule has 5 heteroatoms. The Morgan fingerprint density at radius 1 is 1.55 bits per heavy atom. The number of ether oxygens (including phenoxy) is 1. The number of carboxylic acid groups (broad SMARTS) is 1. The number of carbonyl (C=O) groups is 2. The molecule has 0 aromatic rings. The fourth-order valence-electron chi connectivity index (χ4n) is 0.296. The van der Waals surface area contributed by atoms with Gasteiger partial charge in [0.15, 0.2) is 0 Å². The van der Waals surface area contributed by atoms with E-state index in [1.54, 1.807) is 6.92 Å². The SMILES string of the molecule is [CH-]=C(C(=O)O)C(=O)OCC.[Ta]. The molecule has 0 bridgehead atoms. The van der Waals surface area contributed by atoms with Gasteiger partial charge in [-0.1, -0.05) is 0 Å². The van der Waals surface area contributed by atoms with Crippen LogP contribution < -0.4 is 0 Å². The van der Waals surface area contributed by atoms with E-state index in [1.807, 2.05) is 0 Å². The largest absolute Gasteiger partial charge is 0.535 e. The monoisotopic (exact) mass is 324 g/mol. The van der Waals surface area contributed by atoms with E-state index >= 15 is 0 Å². The molecular weight excluding hydrogens is 317 g/mol. The van der Waals surface area contributed by atoms with Gasteiger partial charge in [-0.3, -0.25) is 0 Å². The Kier molecular flexibility index (Phi) is 7.29. The van der Waals surface area contributed by atoms with Gasteiger partial charge in [-0.05, 0) is 12.5 Å². The number of hydrogen-bond acceptors (Lipinski definition) is 3. The summed E-state index contributed by atoms with van der Waals surface area (Å²) in [6.07, 6.45) is 0. The second-order valence-electron chi connectivity index (χ2n) is 1.44. The molecule has 0 aromatic carbocycles. The molecule has 0 aliphatic carbocycles. The Labute approximate surface area is 79.7 Å². The summed E-state index contributed by atoms with van der Waals surface area (Å²) in [6.45, 7) is 6.47. The maximum Gasteiger partial charge on any atom is 0.226 e. The number of carbonyl (C=O) groups excluding carboxylic acids is 1. The summed E-state index contributed by atoms with van der Waals surface area (Å²) in [5, 5.41) is 8.12. The molecule has 0 rings (SSSR count). The third-order valence-corrected chi connectivity index (χ3v) is 0.726. The summed E-state index contributed by atoms with van der Waals surface area (Å²) < 4.78 is 4.28. The van der Waals surface area contributed by atoms with Crippen molar-refractivity contribution in [3.63, 3.8) is 0 Å². The van der Waals surface area contributed by atoms with Crippen molar-refractivity contribution in [2.24, 2.45) is 0 Å². The summed E-state index contributed by atoms with van der Waals surface area (Å²) in [7, 11) is 0. The zero-order valence-electron chi connectivity index (χ0n) is 5.90. The van der Waals surface area contributed by atoms with Crippen LogP contribution in [0.2, 0.25) is 0 Å². The molecule has 0 atom stereocenters. The maximum absolute atomic E-state index is 10.4. The molecule has 0 amide bonds. The van der Waals surface area contributed by atoms with Crippen LogP contribution in [0.3, 0.4) is 0 Å². The number of carboxylic acids is 1. The van der Waals surface area contributed by atoms with Gasteiger partial charge < -0.3 is 19.4 Å². The second kappa shape index (κ2) is 6.15. The molecule has 1 N–H and O–H groups in total. The van der Waals surface area contributed by atoms with Gasteiger partial charge in [0.25, 0.3) is 0 Å². The summed E-state index contributed by atoms with van der Waals surface area (Å²) in [6, 6.07) is 0. The van der Waals surface area contributed by atoms with E-state index in [9.17, 15) is 9.59 Å². The van der Waals surface area contributed by atoms with Crippen molar-refractivity contribution in [2.45, 2.75) is 6.92 Å². The maximum atomic E-state index is 10.4. The van der Waals surface area contributed by atoms with Gasteiger partial charge in [0.05, 0.1) is 6.61 Å². The van der Waals surface area contributed by atoms with Crippen molar-refractivity contribution >= 4 is 11.9 Å². The van der Waals surface area contributed by atoms with E-state index < -0.39 is 17.5 Å². The molecule has 0 aliphatic rings. The molecule has 0 aromatic heterocycles. The molecule has 1 radical (unpaired) electrons. The second-order valence-corrected chi connectivity index (χ2v) is 1.44. The zero-order valence-corrected chi connectivity index (χ0v) is 9.12. The van der Waals surface area contributed by atoms with Crippen LogP contribution in [0.4, 0.5) is 0 Å². The molecular formula is C6H7O4Ta-. The van der Waals surface area contributed by atoms with E-state index in [-0.39, 0.29) is 29.0 Å². The molecule has 0 aliphatic heterocycles. The minimum absolute atomic E-state index is 0. The van der Waals surface area contributed by atoms with Gasteiger partial charge in [-0.25, -0.2) is 6.58 Å². The van der Waals surface area contributed by atoms with Crippen LogP contribution in [-0.2, 0) is 36.7 Å². The summed E-state index contributed by atoms with van der Waals surface area (Å²) in [5.41, 5.74) is -0.790. The first-order valence-corrected chi connectivity index (χ1v) is 2.62. The fraction of sp³-hybridized carbons (Fsp3) is 0.333. The molecule has 0 spiro atoms. The summed E-state index contributed by atoms with van der Waals surface area (Å²) in [4.78, 5) is 20.4. The summed E-state index contributed by atoms with van der Waals surface area (Å²) in [5.74, 6) is -2.45. The molecule has 11 heavy (non-hydrogen) atoms. The summed E-state index contributed by atoms with van der Waals surface area (Å²) >= 11 is 0. The Morgan fingerprint density at radius 3 is 2.27 bits per heavy atom. The number of esters is 1. The van der Waals surface area contributed by atoms with Crippen molar-refractivity contribution in [3.05, 3.63) is 12.2 Å². The van der Waals surface area contributed by atoms with Crippen molar-refractivity contribution < 1.29 is 41.8 Å². The van der Waals surface area contributed by atoms with Crippen LogP contribution >= 0.6 is 0 Å². The number of aliphatic carboxylic acids is 1. The van der Waals surface area contributed by atoms with Crippen LogP contribution in [0.5, 0.6) is 0 Å². The normalized spacial score (nSPS) is 7.73. The first-order valence-electron chi connectivity index (χ1n) is 2.62. The third-order valence-electron chi connectivity index (χ3n) is 0.726. The van der Waals surface area contributed by atoms with Crippen LogP contribution in [0.25, 0.3) is 0 Å². The number of hydrogen-bond donors (Lipinski definition) is 1. The first-order chi connectivity index (χ1) is 4.59. The zero-order chi connectivity index (χ0) is 8.15. The van der Waals surface area contributed by atoms with Crippen molar-refractivity contribution in [2.75, 3.05) is 6.61 Å². The Balaban J connectivity index is 0. The van der Waals surface area contributed by atoms with E-state index in [2.05, 4.69) is 4.74 Å². The molecule has 61 valence electrons. The minimum atomic E-state index is -1.46.